The van der Waals surface area contributed by atoms with Crippen LogP contribution in [-0.2, 0) is 6.54 Å². The smallest absolute Gasteiger partial charge is 0.253 e. The summed E-state index contributed by atoms with van der Waals surface area (Å²) in [7, 11) is 1.84. The number of carbonyl (C=O) groups excluding carboxylic acids is 1. The molecule has 2 saturated heterocycles. The van der Waals surface area contributed by atoms with E-state index in [1.807, 2.05) is 30.1 Å². The van der Waals surface area contributed by atoms with Gasteiger partial charge in [-0.1, -0.05) is 12.1 Å². The summed E-state index contributed by atoms with van der Waals surface area (Å²) < 4.78 is 0. The first-order valence-electron chi connectivity index (χ1n) is 10.9. The number of nitrogens with zero attached hydrogens (tertiary/aromatic N) is 4. The third-order valence-electron chi connectivity index (χ3n) is 5.88. The maximum Gasteiger partial charge on any atom is 0.253 e. The van der Waals surface area contributed by atoms with Crippen molar-refractivity contribution in [1.29, 1.82) is 0 Å². The molecule has 2 aliphatic rings. The molecule has 0 atom stereocenters. The first-order valence-corrected chi connectivity index (χ1v) is 11.7. The van der Waals surface area contributed by atoms with Gasteiger partial charge in [0.2, 0.25) is 0 Å². The summed E-state index contributed by atoms with van der Waals surface area (Å²) in [6.07, 6.45) is 3.46. The second-order valence-corrected chi connectivity index (χ2v) is 8.81. The monoisotopic (exact) mass is 553 g/mol. The number of hydrogen-bond donors (Lipinski definition) is 1. The molecule has 4 rings (SSSR count). The number of thiophene rings is 1. The van der Waals surface area contributed by atoms with Crippen LogP contribution >= 0.6 is 35.3 Å². The van der Waals surface area contributed by atoms with Crippen LogP contribution in [0.25, 0.3) is 0 Å². The van der Waals surface area contributed by atoms with Crippen molar-refractivity contribution in [2.45, 2.75) is 25.8 Å². The van der Waals surface area contributed by atoms with Crippen LogP contribution in [-0.4, -0.2) is 68.0 Å². The van der Waals surface area contributed by atoms with Crippen LogP contribution < -0.4 is 10.2 Å². The zero-order valence-electron chi connectivity index (χ0n) is 18.1. The van der Waals surface area contributed by atoms with Crippen molar-refractivity contribution in [3.05, 3.63) is 52.9 Å². The summed E-state index contributed by atoms with van der Waals surface area (Å²) in [6, 6.07) is 12.3. The zero-order valence-corrected chi connectivity index (χ0v) is 21.3. The number of nitrogens with one attached hydrogen (secondary N) is 1. The number of amides is 1. The molecule has 2 fully saturated rings. The number of rotatable bonds is 4. The van der Waals surface area contributed by atoms with Crippen molar-refractivity contribution in [2.24, 2.45) is 4.99 Å². The van der Waals surface area contributed by atoms with Crippen LogP contribution in [0.3, 0.4) is 0 Å². The number of likely N-dealkylation sites (tertiary alicyclic amines) is 1. The number of hydrogen-bond acceptors (Lipinski definition) is 4. The minimum absolute atomic E-state index is 0. The Balaban J connectivity index is 0.00000272. The SMILES string of the molecule is CN=C(NCc1cccc(C(=O)N2CCCCC2)c1)N1CCN(c2cccs2)CC1.I. The highest BCUT2D eigenvalue weighted by Crippen LogP contribution is 2.22. The molecule has 0 spiro atoms. The van der Waals surface area contributed by atoms with Gasteiger partial charge in [0, 0.05) is 58.4 Å². The number of guanidine groups is 1. The van der Waals surface area contributed by atoms with E-state index in [1.54, 1.807) is 11.3 Å². The van der Waals surface area contributed by atoms with Gasteiger partial charge in [-0.25, -0.2) is 0 Å². The number of aliphatic imine (C=N–C) groups is 1. The normalized spacial score (nSPS) is 17.3. The Bertz CT molecular complexity index is 859. The van der Waals surface area contributed by atoms with Crippen LogP contribution in [0.4, 0.5) is 5.00 Å². The van der Waals surface area contributed by atoms with Crippen molar-refractivity contribution in [2.75, 3.05) is 51.2 Å². The Kier molecular flexibility index (Phi) is 9.01. The Morgan fingerprint density at radius 1 is 1.00 bits per heavy atom. The predicted octanol–water partition coefficient (Wildman–Crippen LogP) is 3.89. The first-order chi connectivity index (χ1) is 14.7. The fourth-order valence-corrected chi connectivity index (χ4v) is 4.98. The van der Waals surface area contributed by atoms with Gasteiger partial charge in [-0.3, -0.25) is 9.79 Å². The van der Waals surface area contributed by atoms with E-state index in [1.165, 1.54) is 11.4 Å². The standard InChI is InChI=1S/C23H31N5OS.HI/c1-24-23(28-14-12-26(13-15-28)21-9-6-16-30-21)25-18-19-7-5-8-20(17-19)22(29)27-10-3-2-4-11-27;/h5-9,16-17H,2-4,10-15,18H2,1H3,(H,24,25);1H. The van der Waals surface area contributed by atoms with Crippen LogP contribution in [0, 0.1) is 0 Å². The molecule has 31 heavy (non-hydrogen) atoms. The molecule has 1 N–H and O–H groups in total. The van der Waals surface area contributed by atoms with Crippen molar-refractivity contribution in [3.8, 4) is 0 Å². The van der Waals surface area contributed by atoms with Gasteiger partial charge >= 0.3 is 0 Å². The first kappa shape index (κ1) is 23.8. The topological polar surface area (TPSA) is 51.2 Å². The molecule has 0 aliphatic carbocycles. The minimum Gasteiger partial charge on any atom is -0.360 e. The lowest BCUT2D eigenvalue weighted by atomic mass is 10.1. The van der Waals surface area contributed by atoms with E-state index in [2.05, 4.69) is 43.7 Å². The lowest BCUT2D eigenvalue weighted by Crippen LogP contribution is -2.52. The summed E-state index contributed by atoms with van der Waals surface area (Å²) in [5.41, 5.74) is 1.90. The molecule has 1 aromatic heterocycles. The van der Waals surface area contributed by atoms with E-state index < -0.39 is 0 Å². The predicted molar refractivity (Wildman–Crippen MR) is 140 cm³/mol. The van der Waals surface area contributed by atoms with E-state index in [0.717, 1.165) is 69.2 Å². The fourth-order valence-electron chi connectivity index (χ4n) is 4.20. The molecule has 1 aromatic carbocycles. The average molecular weight is 554 g/mol. The summed E-state index contributed by atoms with van der Waals surface area (Å²) in [6.45, 7) is 6.33. The summed E-state index contributed by atoms with van der Waals surface area (Å²) in [5.74, 6) is 1.08. The van der Waals surface area contributed by atoms with Gasteiger partial charge in [-0.2, -0.15) is 0 Å². The molecule has 0 saturated carbocycles. The lowest BCUT2D eigenvalue weighted by Gasteiger charge is -2.37. The van der Waals surface area contributed by atoms with Crippen molar-refractivity contribution < 1.29 is 4.79 Å². The van der Waals surface area contributed by atoms with Gasteiger partial charge in [0.15, 0.2) is 5.96 Å². The molecule has 8 heteroatoms. The number of benzene rings is 1. The van der Waals surface area contributed by atoms with Gasteiger partial charge in [-0.15, -0.1) is 35.3 Å². The average Bonchev–Trinajstić information content (AvgIpc) is 3.35. The van der Waals surface area contributed by atoms with Crippen molar-refractivity contribution in [3.63, 3.8) is 0 Å². The Hall–Kier alpha value is -1.81. The highest BCUT2D eigenvalue weighted by atomic mass is 127. The number of piperazine rings is 1. The van der Waals surface area contributed by atoms with Gasteiger partial charge in [0.05, 0.1) is 5.00 Å². The Labute approximate surface area is 206 Å². The van der Waals surface area contributed by atoms with Gasteiger partial charge < -0.3 is 20.0 Å². The maximum atomic E-state index is 12.8. The highest BCUT2D eigenvalue weighted by Gasteiger charge is 2.21. The number of carbonyl (C=O) groups is 1. The zero-order chi connectivity index (χ0) is 20.8. The number of anilines is 1. The van der Waals surface area contributed by atoms with Crippen LogP contribution in [0.15, 0.2) is 46.8 Å². The molecule has 2 aliphatic heterocycles. The molecular formula is C23H32IN5OS. The molecule has 0 bridgehead atoms. The van der Waals surface area contributed by atoms with E-state index >= 15 is 0 Å². The van der Waals surface area contributed by atoms with Gasteiger partial charge in [-0.05, 0) is 54.5 Å². The van der Waals surface area contributed by atoms with E-state index in [-0.39, 0.29) is 29.9 Å². The second kappa shape index (κ2) is 11.7. The molecule has 1 amide bonds. The van der Waals surface area contributed by atoms with Crippen LogP contribution in [0.5, 0.6) is 0 Å². The van der Waals surface area contributed by atoms with Gasteiger partial charge in [0.25, 0.3) is 5.91 Å². The molecule has 6 nitrogen and oxygen atoms in total. The third kappa shape index (κ3) is 6.12. The molecule has 0 radical (unpaired) electrons. The van der Waals surface area contributed by atoms with Crippen molar-refractivity contribution in [1.82, 2.24) is 15.1 Å². The Morgan fingerprint density at radius 2 is 1.77 bits per heavy atom. The molecule has 2 aromatic rings. The van der Waals surface area contributed by atoms with E-state index in [0.29, 0.717) is 6.54 Å². The quantitative estimate of drug-likeness (QED) is 0.355. The third-order valence-corrected chi connectivity index (χ3v) is 6.81. The lowest BCUT2D eigenvalue weighted by molar-refractivity contribution is 0.0724. The van der Waals surface area contributed by atoms with Crippen LogP contribution in [0.2, 0.25) is 0 Å². The van der Waals surface area contributed by atoms with Crippen LogP contribution in [0.1, 0.15) is 35.2 Å². The molecule has 0 unspecified atom stereocenters. The minimum atomic E-state index is 0. The number of piperidine rings is 1. The van der Waals surface area contributed by atoms with Gasteiger partial charge in [0.1, 0.15) is 0 Å². The fraction of sp³-hybridized carbons (Fsp3) is 0.478. The second-order valence-electron chi connectivity index (χ2n) is 7.88. The molecular weight excluding hydrogens is 521 g/mol. The highest BCUT2D eigenvalue weighted by molar-refractivity contribution is 14.0. The molecule has 168 valence electrons. The summed E-state index contributed by atoms with van der Waals surface area (Å²) in [5, 5.41) is 6.96. The Morgan fingerprint density at radius 3 is 2.45 bits per heavy atom. The molecule has 3 heterocycles. The van der Waals surface area contributed by atoms with E-state index in [9.17, 15) is 4.79 Å². The maximum absolute atomic E-state index is 12.8. The van der Waals surface area contributed by atoms with E-state index in [4.69, 9.17) is 0 Å². The van der Waals surface area contributed by atoms with Crippen molar-refractivity contribution >= 4 is 52.2 Å². The largest absolute Gasteiger partial charge is 0.360 e. The summed E-state index contributed by atoms with van der Waals surface area (Å²) >= 11 is 1.80. The summed E-state index contributed by atoms with van der Waals surface area (Å²) in [4.78, 5) is 24.0. The number of halogens is 1.